The lowest BCUT2D eigenvalue weighted by molar-refractivity contribution is -0.136. The summed E-state index contributed by atoms with van der Waals surface area (Å²) in [6.45, 7) is 0.379. The second kappa shape index (κ2) is 6.21. The van der Waals surface area contributed by atoms with Crippen molar-refractivity contribution in [1.82, 2.24) is 9.62 Å². The highest BCUT2D eigenvalue weighted by Crippen LogP contribution is 2.20. The van der Waals surface area contributed by atoms with Crippen molar-refractivity contribution in [2.24, 2.45) is 0 Å². The minimum atomic E-state index is -4.49. The van der Waals surface area contributed by atoms with Crippen LogP contribution in [-0.2, 0) is 10.0 Å². The molecule has 0 unspecified atom stereocenters. The second-order valence-corrected chi connectivity index (χ2v) is 6.58. The van der Waals surface area contributed by atoms with Crippen LogP contribution in [0.3, 0.4) is 0 Å². The molecule has 1 aliphatic carbocycles. The first-order valence-electron chi connectivity index (χ1n) is 6.02. The first kappa shape index (κ1) is 15.7. The summed E-state index contributed by atoms with van der Waals surface area (Å²) in [5.74, 6) is -0.278. The van der Waals surface area contributed by atoms with E-state index in [0.29, 0.717) is 16.8 Å². The van der Waals surface area contributed by atoms with Gasteiger partial charge in [0.05, 0.1) is 5.75 Å². The Bertz CT molecular complexity index is 353. The summed E-state index contributed by atoms with van der Waals surface area (Å²) in [5, 5.41) is 2.99. The molecule has 0 aromatic heterocycles. The van der Waals surface area contributed by atoms with Gasteiger partial charge >= 0.3 is 6.18 Å². The Hall–Kier alpha value is -0.340. The van der Waals surface area contributed by atoms with Gasteiger partial charge in [-0.15, -0.1) is 0 Å². The average molecular weight is 288 g/mol. The van der Waals surface area contributed by atoms with Gasteiger partial charge < -0.3 is 5.32 Å². The van der Waals surface area contributed by atoms with Gasteiger partial charge in [0.2, 0.25) is 10.0 Å². The van der Waals surface area contributed by atoms with E-state index < -0.39 is 22.7 Å². The third kappa shape index (κ3) is 6.01. The van der Waals surface area contributed by atoms with Crippen molar-refractivity contribution >= 4 is 10.0 Å². The Balaban J connectivity index is 2.51. The van der Waals surface area contributed by atoms with Crippen LogP contribution in [0.15, 0.2) is 0 Å². The van der Waals surface area contributed by atoms with Crippen molar-refractivity contribution in [1.29, 1.82) is 0 Å². The highest BCUT2D eigenvalue weighted by atomic mass is 32.2. The normalized spacial score (nSPS) is 17.4. The van der Waals surface area contributed by atoms with Crippen molar-refractivity contribution < 1.29 is 21.6 Å². The summed E-state index contributed by atoms with van der Waals surface area (Å²) >= 11 is 0. The molecule has 1 saturated carbocycles. The zero-order chi connectivity index (χ0) is 13.8. The molecule has 0 bridgehead atoms. The smallest absolute Gasteiger partial charge is 0.313 e. The summed E-state index contributed by atoms with van der Waals surface area (Å²) in [7, 11) is -3.83. The first-order valence-corrected chi connectivity index (χ1v) is 7.63. The van der Waals surface area contributed by atoms with Gasteiger partial charge in [-0.3, -0.25) is 0 Å². The molecule has 1 N–H and O–H groups in total. The molecule has 0 aromatic rings. The second-order valence-electron chi connectivity index (χ2n) is 4.49. The number of hydrogen-bond donors (Lipinski definition) is 1. The molecule has 8 heteroatoms. The van der Waals surface area contributed by atoms with Crippen molar-refractivity contribution in [3.8, 4) is 0 Å². The van der Waals surface area contributed by atoms with Crippen LogP contribution in [0, 0.1) is 0 Å². The Labute approximate surface area is 106 Å². The molecule has 0 aliphatic heterocycles. The lowest BCUT2D eigenvalue weighted by Crippen LogP contribution is -2.42. The maximum Gasteiger partial charge on any atom is 0.402 e. The van der Waals surface area contributed by atoms with Gasteiger partial charge in [0.15, 0.2) is 0 Å². The van der Waals surface area contributed by atoms with Crippen LogP contribution in [0.1, 0.15) is 26.2 Å². The zero-order valence-electron chi connectivity index (χ0n) is 10.3. The van der Waals surface area contributed by atoms with Crippen molar-refractivity contribution in [3.63, 3.8) is 0 Å². The fourth-order valence-corrected chi connectivity index (χ4v) is 3.01. The zero-order valence-corrected chi connectivity index (χ0v) is 11.1. The quantitative estimate of drug-likeness (QED) is 0.733. The maximum atomic E-state index is 12.3. The number of rotatable bonds is 8. The van der Waals surface area contributed by atoms with E-state index >= 15 is 0 Å². The fraction of sp³-hybridized carbons (Fsp3) is 1.00. The largest absolute Gasteiger partial charge is 0.402 e. The Morgan fingerprint density at radius 1 is 1.33 bits per heavy atom. The van der Waals surface area contributed by atoms with Gasteiger partial charge in [0, 0.05) is 19.1 Å². The monoisotopic (exact) mass is 288 g/mol. The van der Waals surface area contributed by atoms with Gasteiger partial charge in [-0.2, -0.15) is 17.5 Å². The van der Waals surface area contributed by atoms with Crippen LogP contribution in [-0.4, -0.2) is 50.3 Å². The van der Waals surface area contributed by atoms with Gasteiger partial charge in [-0.25, -0.2) is 8.42 Å². The highest BCUT2D eigenvalue weighted by Gasteiger charge is 2.35. The summed E-state index contributed by atoms with van der Waals surface area (Å²) in [6.07, 6.45) is -2.10. The molecule has 0 spiro atoms. The van der Waals surface area contributed by atoms with Crippen LogP contribution in [0.2, 0.25) is 0 Å². The first-order chi connectivity index (χ1) is 8.24. The molecule has 1 rings (SSSR count). The number of nitrogens with zero attached hydrogens (tertiary/aromatic N) is 1. The lowest BCUT2D eigenvalue weighted by atomic mass is 10.5. The van der Waals surface area contributed by atoms with Crippen molar-refractivity contribution in [3.05, 3.63) is 0 Å². The third-order valence-corrected chi connectivity index (χ3v) is 4.41. The highest BCUT2D eigenvalue weighted by molar-refractivity contribution is 7.89. The number of halogens is 3. The number of alkyl halides is 3. The predicted molar refractivity (Wildman–Crippen MR) is 62.7 cm³/mol. The van der Waals surface area contributed by atoms with E-state index in [0.717, 1.165) is 12.8 Å². The summed E-state index contributed by atoms with van der Waals surface area (Å²) < 4.78 is 61.0. The molecular formula is C10H19F3N2O2S. The Morgan fingerprint density at radius 2 is 1.94 bits per heavy atom. The van der Waals surface area contributed by atoms with Gasteiger partial charge in [-0.05, 0) is 19.3 Å². The van der Waals surface area contributed by atoms with E-state index in [1.807, 2.05) is 0 Å². The molecule has 1 aliphatic rings. The van der Waals surface area contributed by atoms with E-state index in [9.17, 15) is 21.6 Å². The molecule has 0 saturated heterocycles. The third-order valence-electron chi connectivity index (χ3n) is 2.59. The van der Waals surface area contributed by atoms with Crippen LogP contribution >= 0.6 is 0 Å². The molecule has 0 amide bonds. The Kier molecular flexibility index (Phi) is 5.42. The molecular weight excluding hydrogens is 269 g/mol. The SMILES string of the molecule is CCCN(CC(F)(F)F)S(=O)(=O)CCNC1CC1. The van der Waals surface area contributed by atoms with Crippen LogP contribution in [0.5, 0.6) is 0 Å². The summed E-state index contributed by atoms with van der Waals surface area (Å²) in [5.41, 5.74) is 0. The lowest BCUT2D eigenvalue weighted by Gasteiger charge is -2.22. The van der Waals surface area contributed by atoms with E-state index in [1.165, 1.54) is 0 Å². The molecule has 18 heavy (non-hydrogen) atoms. The van der Waals surface area contributed by atoms with Gasteiger partial charge in [0.1, 0.15) is 6.54 Å². The van der Waals surface area contributed by atoms with Crippen LogP contribution in [0.25, 0.3) is 0 Å². The van der Waals surface area contributed by atoms with Crippen LogP contribution < -0.4 is 5.32 Å². The molecule has 0 aromatic carbocycles. The maximum absolute atomic E-state index is 12.3. The fourth-order valence-electron chi connectivity index (χ4n) is 1.57. The predicted octanol–water partition coefficient (Wildman–Crippen LogP) is 1.34. The van der Waals surface area contributed by atoms with Crippen molar-refractivity contribution in [2.75, 3.05) is 25.4 Å². The van der Waals surface area contributed by atoms with Crippen LogP contribution in [0.4, 0.5) is 13.2 Å². The van der Waals surface area contributed by atoms with E-state index in [1.54, 1.807) is 6.92 Å². The van der Waals surface area contributed by atoms with E-state index in [2.05, 4.69) is 5.32 Å². The molecule has 0 radical (unpaired) electrons. The molecule has 108 valence electrons. The molecule has 0 atom stereocenters. The number of hydrogen-bond acceptors (Lipinski definition) is 3. The minimum absolute atomic E-state index is 0.0920. The minimum Gasteiger partial charge on any atom is -0.313 e. The average Bonchev–Trinajstić information content (AvgIpc) is 2.99. The van der Waals surface area contributed by atoms with Crippen molar-refractivity contribution in [2.45, 2.75) is 38.4 Å². The molecule has 4 nitrogen and oxygen atoms in total. The standard InChI is InChI=1S/C10H19F3N2O2S/c1-2-6-15(8-10(11,12)13)18(16,17)7-5-14-9-3-4-9/h9,14H,2-8H2,1H3. The molecule has 0 heterocycles. The van der Waals surface area contributed by atoms with E-state index in [-0.39, 0.29) is 18.8 Å². The van der Waals surface area contributed by atoms with E-state index in [4.69, 9.17) is 0 Å². The van der Waals surface area contributed by atoms with Gasteiger partial charge in [-0.1, -0.05) is 6.92 Å². The number of nitrogens with one attached hydrogen (secondary N) is 1. The Morgan fingerprint density at radius 3 is 2.39 bits per heavy atom. The topological polar surface area (TPSA) is 49.4 Å². The van der Waals surface area contributed by atoms with Gasteiger partial charge in [0.25, 0.3) is 0 Å². The summed E-state index contributed by atoms with van der Waals surface area (Å²) in [4.78, 5) is 0. The summed E-state index contributed by atoms with van der Waals surface area (Å²) in [6, 6.07) is 0.349. The number of sulfonamides is 1. The molecule has 1 fully saturated rings.